The van der Waals surface area contributed by atoms with Crippen LogP contribution in [0.1, 0.15) is 20.3 Å². The summed E-state index contributed by atoms with van der Waals surface area (Å²) in [7, 11) is 2.20. The van der Waals surface area contributed by atoms with Crippen molar-refractivity contribution in [3.63, 3.8) is 0 Å². The first-order valence-electron chi connectivity index (χ1n) is 4.14. The van der Waals surface area contributed by atoms with E-state index in [0.29, 0.717) is 12.1 Å². The molecule has 0 aliphatic carbocycles. The molecule has 1 aliphatic rings. The van der Waals surface area contributed by atoms with Crippen LogP contribution in [0.5, 0.6) is 0 Å². The van der Waals surface area contributed by atoms with Crippen LogP contribution in [0.15, 0.2) is 0 Å². The third kappa shape index (κ3) is 1.96. The van der Waals surface area contributed by atoms with Gasteiger partial charge in [0.05, 0.1) is 0 Å². The average Bonchev–Trinajstić information content (AvgIpc) is 2.04. The Labute approximate surface area is 63.6 Å². The van der Waals surface area contributed by atoms with E-state index in [1.165, 1.54) is 13.0 Å². The first kappa shape index (κ1) is 8.02. The maximum absolute atomic E-state index is 3.48. The molecule has 1 N–H and O–H groups in total. The zero-order valence-electron chi connectivity index (χ0n) is 7.22. The SMILES string of the molecule is CC1CCN(C)C(C)CN1. The highest BCUT2D eigenvalue weighted by Gasteiger charge is 2.15. The van der Waals surface area contributed by atoms with Gasteiger partial charge in [-0.15, -0.1) is 0 Å². The van der Waals surface area contributed by atoms with Crippen LogP contribution in [0, 0.1) is 0 Å². The molecule has 2 nitrogen and oxygen atoms in total. The van der Waals surface area contributed by atoms with Crippen molar-refractivity contribution in [2.24, 2.45) is 0 Å². The summed E-state index contributed by atoms with van der Waals surface area (Å²) in [4.78, 5) is 2.41. The van der Waals surface area contributed by atoms with Gasteiger partial charge in [0.1, 0.15) is 0 Å². The molecule has 1 fully saturated rings. The minimum atomic E-state index is 0.699. The van der Waals surface area contributed by atoms with Gasteiger partial charge in [-0.25, -0.2) is 0 Å². The normalized spacial score (nSPS) is 37.5. The Morgan fingerprint density at radius 1 is 1.40 bits per heavy atom. The molecule has 2 atom stereocenters. The van der Waals surface area contributed by atoms with E-state index >= 15 is 0 Å². The molecular formula is C8H18N2. The molecule has 60 valence electrons. The number of hydrogen-bond donors (Lipinski definition) is 1. The Morgan fingerprint density at radius 3 is 2.80 bits per heavy atom. The van der Waals surface area contributed by atoms with Gasteiger partial charge in [0, 0.05) is 18.6 Å². The lowest BCUT2D eigenvalue weighted by molar-refractivity contribution is 0.274. The lowest BCUT2D eigenvalue weighted by atomic mass is 10.2. The van der Waals surface area contributed by atoms with Gasteiger partial charge in [0.15, 0.2) is 0 Å². The van der Waals surface area contributed by atoms with E-state index in [1.807, 2.05) is 0 Å². The summed E-state index contributed by atoms with van der Waals surface area (Å²) in [5.41, 5.74) is 0. The van der Waals surface area contributed by atoms with E-state index in [0.717, 1.165) is 6.54 Å². The topological polar surface area (TPSA) is 15.3 Å². The minimum absolute atomic E-state index is 0.699. The molecule has 0 bridgehead atoms. The number of nitrogens with zero attached hydrogens (tertiary/aromatic N) is 1. The molecule has 0 aromatic carbocycles. The van der Waals surface area contributed by atoms with Crippen molar-refractivity contribution >= 4 is 0 Å². The summed E-state index contributed by atoms with van der Waals surface area (Å²) in [6.45, 7) is 6.89. The molecule has 0 aromatic heterocycles. The highest BCUT2D eigenvalue weighted by atomic mass is 15.2. The second-order valence-electron chi connectivity index (χ2n) is 3.43. The second kappa shape index (κ2) is 3.35. The fourth-order valence-corrected chi connectivity index (χ4v) is 1.25. The van der Waals surface area contributed by atoms with Gasteiger partial charge in [0.2, 0.25) is 0 Å². The standard InChI is InChI=1S/C8H18N2/c1-7-4-5-10(3)8(2)6-9-7/h7-9H,4-6H2,1-3H3. The largest absolute Gasteiger partial charge is 0.313 e. The Kier molecular flexibility index (Phi) is 2.69. The summed E-state index contributed by atoms with van der Waals surface area (Å²) in [5.74, 6) is 0. The lowest BCUT2D eigenvalue weighted by Crippen LogP contribution is -2.35. The Bertz CT molecular complexity index is 91.4. The molecule has 1 aliphatic heterocycles. The molecule has 0 spiro atoms. The number of hydrogen-bond acceptors (Lipinski definition) is 2. The first-order valence-corrected chi connectivity index (χ1v) is 4.14. The third-order valence-electron chi connectivity index (χ3n) is 2.43. The highest BCUT2D eigenvalue weighted by molar-refractivity contribution is 4.75. The highest BCUT2D eigenvalue weighted by Crippen LogP contribution is 2.03. The second-order valence-corrected chi connectivity index (χ2v) is 3.43. The van der Waals surface area contributed by atoms with Crippen molar-refractivity contribution in [3.8, 4) is 0 Å². The smallest absolute Gasteiger partial charge is 0.0189 e. The maximum atomic E-state index is 3.48. The molecule has 0 amide bonds. The van der Waals surface area contributed by atoms with Gasteiger partial charge in [-0.1, -0.05) is 0 Å². The van der Waals surface area contributed by atoms with Gasteiger partial charge in [-0.05, 0) is 33.9 Å². The van der Waals surface area contributed by atoms with Crippen LogP contribution in [0.4, 0.5) is 0 Å². The molecule has 0 saturated carbocycles. The van der Waals surface area contributed by atoms with Crippen LogP contribution in [0.25, 0.3) is 0 Å². The van der Waals surface area contributed by atoms with Crippen LogP contribution in [-0.2, 0) is 0 Å². The van der Waals surface area contributed by atoms with Crippen LogP contribution in [-0.4, -0.2) is 37.1 Å². The van der Waals surface area contributed by atoms with E-state index in [-0.39, 0.29) is 0 Å². The third-order valence-corrected chi connectivity index (χ3v) is 2.43. The Balaban J connectivity index is 2.38. The van der Waals surface area contributed by atoms with Crippen molar-refractivity contribution < 1.29 is 0 Å². The van der Waals surface area contributed by atoms with Gasteiger partial charge in [-0.3, -0.25) is 0 Å². The van der Waals surface area contributed by atoms with Crippen molar-refractivity contribution in [2.45, 2.75) is 32.4 Å². The maximum Gasteiger partial charge on any atom is 0.0189 e. The summed E-state index contributed by atoms with van der Waals surface area (Å²) < 4.78 is 0. The number of likely N-dealkylation sites (N-methyl/N-ethyl adjacent to an activating group) is 1. The van der Waals surface area contributed by atoms with E-state index in [9.17, 15) is 0 Å². The average molecular weight is 142 g/mol. The predicted molar refractivity (Wildman–Crippen MR) is 44.2 cm³/mol. The van der Waals surface area contributed by atoms with E-state index in [4.69, 9.17) is 0 Å². The van der Waals surface area contributed by atoms with Crippen LogP contribution < -0.4 is 5.32 Å². The van der Waals surface area contributed by atoms with Crippen molar-refractivity contribution in [1.82, 2.24) is 10.2 Å². The molecule has 0 aromatic rings. The molecule has 2 unspecified atom stereocenters. The number of rotatable bonds is 0. The predicted octanol–water partition coefficient (Wildman–Crippen LogP) is 0.689. The first-order chi connectivity index (χ1) is 4.70. The summed E-state index contributed by atoms with van der Waals surface area (Å²) in [6.07, 6.45) is 1.28. The van der Waals surface area contributed by atoms with Crippen LogP contribution >= 0.6 is 0 Å². The molecule has 10 heavy (non-hydrogen) atoms. The summed E-state index contributed by atoms with van der Waals surface area (Å²) in [5, 5.41) is 3.48. The monoisotopic (exact) mass is 142 g/mol. The van der Waals surface area contributed by atoms with Gasteiger partial charge in [0.25, 0.3) is 0 Å². The molecule has 1 heterocycles. The quantitative estimate of drug-likeness (QED) is 0.535. The Hall–Kier alpha value is -0.0800. The molecular weight excluding hydrogens is 124 g/mol. The Morgan fingerprint density at radius 2 is 2.10 bits per heavy atom. The van der Waals surface area contributed by atoms with E-state index < -0.39 is 0 Å². The zero-order valence-corrected chi connectivity index (χ0v) is 7.22. The molecule has 0 radical (unpaired) electrons. The van der Waals surface area contributed by atoms with E-state index in [2.05, 4.69) is 31.1 Å². The van der Waals surface area contributed by atoms with Gasteiger partial charge in [-0.2, -0.15) is 0 Å². The summed E-state index contributed by atoms with van der Waals surface area (Å²) >= 11 is 0. The van der Waals surface area contributed by atoms with Gasteiger partial charge >= 0.3 is 0 Å². The lowest BCUT2D eigenvalue weighted by Gasteiger charge is -2.20. The van der Waals surface area contributed by atoms with E-state index in [1.54, 1.807) is 0 Å². The van der Waals surface area contributed by atoms with Crippen molar-refractivity contribution in [3.05, 3.63) is 0 Å². The zero-order chi connectivity index (χ0) is 7.56. The molecule has 1 rings (SSSR count). The van der Waals surface area contributed by atoms with Crippen molar-refractivity contribution in [2.75, 3.05) is 20.1 Å². The minimum Gasteiger partial charge on any atom is -0.313 e. The van der Waals surface area contributed by atoms with Crippen LogP contribution in [0.2, 0.25) is 0 Å². The molecule has 2 heteroatoms. The van der Waals surface area contributed by atoms with Gasteiger partial charge < -0.3 is 10.2 Å². The summed E-state index contributed by atoms with van der Waals surface area (Å²) in [6, 6.07) is 1.40. The fourth-order valence-electron chi connectivity index (χ4n) is 1.25. The van der Waals surface area contributed by atoms with Crippen molar-refractivity contribution in [1.29, 1.82) is 0 Å². The van der Waals surface area contributed by atoms with Crippen LogP contribution in [0.3, 0.4) is 0 Å². The fraction of sp³-hybridized carbons (Fsp3) is 1.00. The number of nitrogens with one attached hydrogen (secondary N) is 1. The molecule has 1 saturated heterocycles.